The average molecular weight is 343 g/mol. The maximum absolute atomic E-state index is 12.5. The zero-order chi connectivity index (χ0) is 16.7. The van der Waals surface area contributed by atoms with Crippen LogP contribution in [0.25, 0.3) is 0 Å². The van der Waals surface area contributed by atoms with Gasteiger partial charge in [0.05, 0.1) is 5.92 Å². The van der Waals surface area contributed by atoms with Gasteiger partial charge in [-0.2, -0.15) is 0 Å². The first kappa shape index (κ1) is 15.2. The topological polar surface area (TPSA) is 80.1 Å². The number of fused-ring (bicyclic) bond motifs is 1. The number of thioether (sulfide) groups is 1. The van der Waals surface area contributed by atoms with Crippen molar-refractivity contribution in [1.29, 1.82) is 0 Å². The zero-order valence-electron chi connectivity index (χ0n) is 13.2. The Hall–Kier alpha value is -2.35. The number of aryl methyl sites for hydroxylation is 1. The molecule has 1 unspecified atom stereocenters. The van der Waals surface area contributed by atoms with Crippen LogP contribution in [0.2, 0.25) is 0 Å². The van der Waals surface area contributed by atoms with Gasteiger partial charge in [0, 0.05) is 31.0 Å². The molecule has 7 nitrogen and oxygen atoms in total. The summed E-state index contributed by atoms with van der Waals surface area (Å²) in [4.78, 5) is 26.5. The van der Waals surface area contributed by atoms with E-state index >= 15 is 0 Å². The van der Waals surface area contributed by atoms with Crippen LogP contribution in [0.1, 0.15) is 12.0 Å². The number of carbonyl (C=O) groups is 2. The molecule has 0 bridgehead atoms. The van der Waals surface area contributed by atoms with E-state index in [1.54, 1.807) is 16.7 Å². The van der Waals surface area contributed by atoms with Crippen molar-refractivity contribution in [3.8, 4) is 0 Å². The summed E-state index contributed by atoms with van der Waals surface area (Å²) in [5.74, 6) is 0.839. The van der Waals surface area contributed by atoms with Gasteiger partial charge in [0.2, 0.25) is 17.8 Å². The molecule has 1 saturated heterocycles. The number of aromatic nitrogens is 3. The maximum Gasteiger partial charge on any atom is 0.232 e. The third-order valence-corrected chi connectivity index (χ3v) is 5.25. The predicted molar refractivity (Wildman–Crippen MR) is 91.0 cm³/mol. The molecule has 2 amide bonds. The third kappa shape index (κ3) is 2.66. The van der Waals surface area contributed by atoms with Crippen LogP contribution < -0.4 is 10.2 Å². The second kappa shape index (κ2) is 5.94. The Morgan fingerprint density at radius 3 is 3.08 bits per heavy atom. The van der Waals surface area contributed by atoms with Gasteiger partial charge in [0.15, 0.2) is 5.16 Å². The fourth-order valence-corrected chi connectivity index (χ4v) is 3.95. The van der Waals surface area contributed by atoms with E-state index in [2.05, 4.69) is 15.5 Å². The predicted octanol–water partition coefficient (Wildman–Crippen LogP) is 1.68. The monoisotopic (exact) mass is 343 g/mol. The number of benzene rings is 1. The average Bonchev–Trinajstić information content (AvgIpc) is 3.24. The molecular weight excluding hydrogens is 326 g/mol. The van der Waals surface area contributed by atoms with Crippen LogP contribution >= 0.6 is 11.8 Å². The Bertz CT molecular complexity index is 819. The van der Waals surface area contributed by atoms with Crippen LogP contribution in [-0.2, 0) is 16.1 Å². The van der Waals surface area contributed by atoms with E-state index in [4.69, 9.17) is 0 Å². The number of nitrogens with zero attached hydrogens (tertiary/aromatic N) is 4. The molecule has 1 atom stereocenters. The minimum Gasteiger partial charge on any atom is -0.312 e. The van der Waals surface area contributed by atoms with E-state index in [-0.39, 0.29) is 24.2 Å². The first-order valence-electron chi connectivity index (χ1n) is 7.86. The van der Waals surface area contributed by atoms with Crippen LogP contribution in [0.3, 0.4) is 0 Å². The van der Waals surface area contributed by atoms with Gasteiger partial charge in [0.1, 0.15) is 0 Å². The molecule has 124 valence electrons. The van der Waals surface area contributed by atoms with Crippen molar-refractivity contribution in [3.63, 3.8) is 0 Å². The van der Waals surface area contributed by atoms with Gasteiger partial charge >= 0.3 is 0 Å². The van der Waals surface area contributed by atoms with Crippen LogP contribution in [0.15, 0.2) is 29.4 Å². The summed E-state index contributed by atoms with van der Waals surface area (Å²) >= 11 is 1.62. The lowest BCUT2D eigenvalue weighted by Crippen LogP contribution is -2.28. The van der Waals surface area contributed by atoms with E-state index in [9.17, 15) is 9.59 Å². The summed E-state index contributed by atoms with van der Waals surface area (Å²) in [6, 6.07) is 7.76. The second-order valence-electron chi connectivity index (χ2n) is 6.04. The van der Waals surface area contributed by atoms with Gasteiger partial charge in [-0.25, -0.2) is 0 Å². The van der Waals surface area contributed by atoms with Crippen molar-refractivity contribution in [3.05, 3.63) is 29.8 Å². The normalized spacial score (nSPS) is 19.6. The summed E-state index contributed by atoms with van der Waals surface area (Å²) in [6.07, 6.45) is 0.218. The number of anilines is 2. The summed E-state index contributed by atoms with van der Waals surface area (Å²) in [5.41, 5.74) is 1.93. The summed E-state index contributed by atoms with van der Waals surface area (Å²) < 4.78 is 1.90. The Kier molecular flexibility index (Phi) is 3.76. The first-order chi connectivity index (χ1) is 11.6. The highest BCUT2D eigenvalue weighted by Crippen LogP contribution is 2.29. The summed E-state index contributed by atoms with van der Waals surface area (Å²) in [6.45, 7) is 3.17. The quantitative estimate of drug-likeness (QED) is 0.917. The van der Waals surface area contributed by atoms with E-state index in [1.165, 1.54) is 0 Å². The molecule has 0 aliphatic carbocycles. The smallest absolute Gasteiger partial charge is 0.232 e. The standard InChI is InChI=1S/C16H17N5O2S/c1-10-3-2-4-12(7-10)21-9-11(8-13(21)22)14(23)17-15-18-19-16-20(15)5-6-24-16/h2-4,7,11H,5-6,8-9H2,1H3,(H,17,18,23). The molecule has 24 heavy (non-hydrogen) atoms. The van der Waals surface area contributed by atoms with Crippen molar-refractivity contribution >= 4 is 35.2 Å². The molecular formula is C16H17N5O2S. The fourth-order valence-electron chi connectivity index (χ4n) is 3.06. The van der Waals surface area contributed by atoms with Gasteiger partial charge in [-0.3, -0.25) is 19.5 Å². The number of hydrogen-bond donors (Lipinski definition) is 1. The van der Waals surface area contributed by atoms with Crippen molar-refractivity contribution in [2.45, 2.75) is 25.0 Å². The van der Waals surface area contributed by atoms with E-state index < -0.39 is 0 Å². The lowest BCUT2D eigenvalue weighted by molar-refractivity contribution is -0.122. The number of carbonyl (C=O) groups excluding carboxylic acids is 2. The molecule has 3 heterocycles. The Morgan fingerprint density at radius 2 is 2.25 bits per heavy atom. The first-order valence-corrected chi connectivity index (χ1v) is 8.84. The molecule has 4 rings (SSSR count). The molecule has 2 aliphatic rings. The number of rotatable bonds is 3. The molecule has 0 spiro atoms. The molecule has 0 saturated carbocycles. The molecule has 2 aliphatic heterocycles. The molecule has 1 aromatic heterocycles. The minimum atomic E-state index is -0.375. The lowest BCUT2D eigenvalue weighted by atomic mass is 10.1. The van der Waals surface area contributed by atoms with Crippen LogP contribution in [-0.4, -0.2) is 38.9 Å². The zero-order valence-corrected chi connectivity index (χ0v) is 14.0. The number of hydrogen-bond acceptors (Lipinski definition) is 5. The Balaban J connectivity index is 1.47. The Morgan fingerprint density at radius 1 is 1.38 bits per heavy atom. The third-order valence-electron chi connectivity index (χ3n) is 4.31. The van der Waals surface area contributed by atoms with E-state index in [1.807, 2.05) is 35.8 Å². The van der Waals surface area contributed by atoms with Crippen molar-refractivity contribution in [1.82, 2.24) is 14.8 Å². The summed E-state index contributed by atoms with van der Waals surface area (Å²) in [7, 11) is 0. The van der Waals surface area contributed by atoms with Crippen molar-refractivity contribution in [2.75, 3.05) is 22.5 Å². The SMILES string of the molecule is Cc1cccc(N2CC(C(=O)Nc3nnc4n3CCS4)CC2=O)c1. The fraction of sp³-hybridized carbons (Fsp3) is 0.375. The van der Waals surface area contributed by atoms with Crippen LogP contribution in [0.5, 0.6) is 0 Å². The molecule has 0 radical (unpaired) electrons. The van der Waals surface area contributed by atoms with Crippen molar-refractivity contribution in [2.24, 2.45) is 5.92 Å². The maximum atomic E-state index is 12.5. The minimum absolute atomic E-state index is 0.0252. The second-order valence-corrected chi connectivity index (χ2v) is 7.10. The van der Waals surface area contributed by atoms with Crippen LogP contribution in [0, 0.1) is 12.8 Å². The summed E-state index contributed by atoms with van der Waals surface area (Å²) in [5, 5.41) is 11.7. The molecule has 2 aromatic rings. The highest BCUT2D eigenvalue weighted by Gasteiger charge is 2.36. The molecule has 1 N–H and O–H groups in total. The molecule has 1 fully saturated rings. The molecule has 8 heteroatoms. The van der Waals surface area contributed by atoms with Crippen LogP contribution in [0.4, 0.5) is 11.6 Å². The lowest BCUT2D eigenvalue weighted by Gasteiger charge is -2.17. The van der Waals surface area contributed by atoms with Gasteiger partial charge in [-0.05, 0) is 24.6 Å². The van der Waals surface area contributed by atoms with Crippen molar-refractivity contribution < 1.29 is 9.59 Å². The Labute approximate surface area is 143 Å². The number of amides is 2. The molecule has 1 aromatic carbocycles. The van der Waals surface area contributed by atoms with E-state index in [0.717, 1.165) is 28.7 Å². The van der Waals surface area contributed by atoms with Gasteiger partial charge in [-0.15, -0.1) is 10.2 Å². The number of nitrogens with one attached hydrogen (secondary N) is 1. The van der Waals surface area contributed by atoms with E-state index in [0.29, 0.717) is 12.5 Å². The van der Waals surface area contributed by atoms with Gasteiger partial charge < -0.3 is 4.90 Å². The van der Waals surface area contributed by atoms with Gasteiger partial charge in [-0.1, -0.05) is 23.9 Å². The largest absolute Gasteiger partial charge is 0.312 e. The van der Waals surface area contributed by atoms with Gasteiger partial charge in [0.25, 0.3) is 0 Å². The highest BCUT2D eigenvalue weighted by atomic mass is 32.2. The highest BCUT2D eigenvalue weighted by molar-refractivity contribution is 7.99.